The maximum Gasteiger partial charge on any atom is 0.246 e. The van der Waals surface area contributed by atoms with Crippen molar-refractivity contribution in [1.82, 2.24) is 9.80 Å². The summed E-state index contributed by atoms with van der Waals surface area (Å²) in [5.74, 6) is 0.675. The van der Waals surface area contributed by atoms with E-state index in [1.807, 2.05) is 36.4 Å². The van der Waals surface area contributed by atoms with E-state index >= 15 is 0 Å². The highest BCUT2D eigenvalue weighted by atomic mass is 16.5. The van der Waals surface area contributed by atoms with Crippen LogP contribution in [0.2, 0.25) is 0 Å². The Bertz CT molecular complexity index is 616. The summed E-state index contributed by atoms with van der Waals surface area (Å²) in [5.41, 5.74) is 0. The Morgan fingerprint density at radius 2 is 2.04 bits per heavy atom. The number of hydrogen-bond acceptors (Lipinski definition) is 5. The van der Waals surface area contributed by atoms with E-state index in [9.17, 15) is 9.90 Å². The minimum atomic E-state index is -0.694. The molecule has 1 heterocycles. The fraction of sp³-hybridized carbons (Fsp3) is 0.571. The average molecular weight is 374 g/mol. The number of hydrogen-bond donors (Lipinski definition) is 1. The molecule has 0 spiro atoms. The van der Waals surface area contributed by atoms with Gasteiger partial charge in [0, 0.05) is 32.8 Å². The molecule has 0 aromatic heterocycles. The molecule has 6 heteroatoms. The van der Waals surface area contributed by atoms with Crippen LogP contribution in [0.25, 0.3) is 0 Å². The van der Waals surface area contributed by atoms with Crippen molar-refractivity contribution < 1.29 is 19.4 Å². The van der Waals surface area contributed by atoms with Gasteiger partial charge in [-0.25, -0.2) is 0 Å². The molecule has 1 aromatic rings. The van der Waals surface area contributed by atoms with Gasteiger partial charge < -0.3 is 19.5 Å². The number of likely N-dealkylation sites (N-methyl/N-ethyl adjacent to an activating group) is 1. The Labute approximate surface area is 161 Å². The van der Waals surface area contributed by atoms with Crippen LogP contribution in [0.15, 0.2) is 42.5 Å². The van der Waals surface area contributed by atoms with Crippen LogP contribution in [0.4, 0.5) is 0 Å². The summed E-state index contributed by atoms with van der Waals surface area (Å²) in [7, 11) is 1.76. The molecule has 0 radical (unpaired) electrons. The molecule has 3 atom stereocenters. The highest BCUT2D eigenvalue weighted by Gasteiger charge is 2.36. The zero-order chi connectivity index (χ0) is 19.1. The third-order valence-electron chi connectivity index (χ3n) is 5.37. The third-order valence-corrected chi connectivity index (χ3v) is 5.37. The van der Waals surface area contributed by atoms with Gasteiger partial charge in [0.05, 0.1) is 19.3 Å². The number of carbonyl (C=O) groups excluding carboxylic acids is 1. The number of carbonyl (C=O) groups is 1. The summed E-state index contributed by atoms with van der Waals surface area (Å²) in [6.45, 7) is 4.04. The second-order valence-corrected chi connectivity index (χ2v) is 7.22. The Balaban J connectivity index is 1.52. The largest absolute Gasteiger partial charge is 0.488 e. The summed E-state index contributed by atoms with van der Waals surface area (Å²) < 4.78 is 11.3. The predicted molar refractivity (Wildman–Crippen MR) is 104 cm³/mol. The molecule has 1 aliphatic carbocycles. The van der Waals surface area contributed by atoms with Crippen LogP contribution in [0, 0.1) is 0 Å². The molecule has 1 saturated carbocycles. The molecule has 1 aromatic carbocycles. The molecule has 1 aliphatic heterocycles. The van der Waals surface area contributed by atoms with Gasteiger partial charge in [0.2, 0.25) is 5.91 Å². The minimum Gasteiger partial charge on any atom is -0.488 e. The molecule has 148 valence electrons. The van der Waals surface area contributed by atoms with Crippen LogP contribution < -0.4 is 4.74 Å². The Morgan fingerprint density at radius 3 is 2.78 bits per heavy atom. The fourth-order valence-corrected chi connectivity index (χ4v) is 3.71. The highest BCUT2D eigenvalue weighted by Crippen LogP contribution is 2.27. The van der Waals surface area contributed by atoms with Crippen LogP contribution in [0.1, 0.15) is 19.3 Å². The first-order valence-corrected chi connectivity index (χ1v) is 9.78. The smallest absolute Gasteiger partial charge is 0.246 e. The molecule has 27 heavy (non-hydrogen) atoms. The van der Waals surface area contributed by atoms with Gasteiger partial charge in [-0.15, -0.1) is 0 Å². The van der Waals surface area contributed by atoms with E-state index in [1.165, 1.54) is 0 Å². The van der Waals surface area contributed by atoms with Crippen LogP contribution >= 0.6 is 0 Å². The van der Waals surface area contributed by atoms with Crippen LogP contribution in [-0.2, 0) is 9.53 Å². The minimum absolute atomic E-state index is 0.0762. The van der Waals surface area contributed by atoms with Crippen LogP contribution in [0.5, 0.6) is 5.75 Å². The van der Waals surface area contributed by atoms with E-state index in [0.717, 1.165) is 57.9 Å². The van der Waals surface area contributed by atoms with Gasteiger partial charge in [-0.05, 0) is 31.4 Å². The molecule has 6 nitrogen and oxygen atoms in total. The normalized spacial score (nSPS) is 26.8. The lowest BCUT2D eigenvalue weighted by atomic mass is 9.89. The molecule has 0 bridgehead atoms. The lowest BCUT2D eigenvalue weighted by Gasteiger charge is -2.39. The van der Waals surface area contributed by atoms with E-state index in [-0.39, 0.29) is 18.1 Å². The zero-order valence-electron chi connectivity index (χ0n) is 16.0. The van der Waals surface area contributed by atoms with Crippen molar-refractivity contribution in [3.8, 4) is 5.75 Å². The van der Waals surface area contributed by atoms with Crippen molar-refractivity contribution in [2.75, 3.05) is 39.9 Å². The summed E-state index contributed by atoms with van der Waals surface area (Å²) in [5, 5.41) is 10.8. The van der Waals surface area contributed by atoms with Gasteiger partial charge in [-0.3, -0.25) is 9.69 Å². The van der Waals surface area contributed by atoms with Crippen molar-refractivity contribution in [1.29, 1.82) is 0 Å². The van der Waals surface area contributed by atoms with Gasteiger partial charge >= 0.3 is 0 Å². The van der Waals surface area contributed by atoms with E-state index in [2.05, 4.69) is 4.90 Å². The van der Waals surface area contributed by atoms with Crippen molar-refractivity contribution in [3.05, 3.63) is 42.5 Å². The lowest BCUT2D eigenvalue weighted by molar-refractivity contribution is -0.132. The molecule has 0 unspecified atom stereocenters. The molecule has 1 amide bonds. The molecule has 1 N–H and O–H groups in total. The van der Waals surface area contributed by atoms with Gasteiger partial charge in [-0.2, -0.15) is 0 Å². The summed E-state index contributed by atoms with van der Waals surface area (Å²) in [4.78, 5) is 16.4. The second-order valence-electron chi connectivity index (χ2n) is 7.22. The number of nitrogens with zero attached hydrogens (tertiary/aromatic N) is 2. The van der Waals surface area contributed by atoms with E-state index < -0.39 is 6.10 Å². The third kappa shape index (κ3) is 5.54. The highest BCUT2D eigenvalue weighted by molar-refractivity contribution is 5.87. The van der Waals surface area contributed by atoms with Gasteiger partial charge in [0.15, 0.2) is 0 Å². The summed E-state index contributed by atoms with van der Waals surface area (Å²) in [6, 6.07) is 9.31. The Morgan fingerprint density at radius 1 is 1.30 bits per heavy atom. The van der Waals surface area contributed by atoms with E-state index in [0.29, 0.717) is 0 Å². The van der Waals surface area contributed by atoms with Gasteiger partial charge in [0.25, 0.3) is 0 Å². The maximum atomic E-state index is 12.5. The maximum absolute atomic E-state index is 12.5. The van der Waals surface area contributed by atoms with E-state index in [1.54, 1.807) is 18.0 Å². The predicted octanol–water partition coefficient (Wildman–Crippen LogP) is 1.69. The molecule has 1 saturated heterocycles. The summed E-state index contributed by atoms with van der Waals surface area (Å²) >= 11 is 0. The first kappa shape index (κ1) is 19.9. The van der Waals surface area contributed by atoms with Crippen LogP contribution in [-0.4, -0.2) is 79.0 Å². The van der Waals surface area contributed by atoms with Crippen molar-refractivity contribution in [2.24, 2.45) is 0 Å². The average Bonchev–Trinajstić information content (AvgIpc) is 2.70. The standard InChI is InChI=1S/C21H30N2O4/c1-22(20(24)11-6-12-23-13-15-26-16-14-23)18-9-5-10-19(21(18)25)27-17-7-3-2-4-8-17/h2-4,6-8,11,18-19,21,25H,5,9-10,12-16H2,1H3/t18-,19-,21-/m1/s1. The van der Waals surface area contributed by atoms with Crippen molar-refractivity contribution in [2.45, 2.75) is 37.5 Å². The Kier molecular flexibility index (Phi) is 7.26. The first-order chi connectivity index (χ1) is 13.1. The number of rotatable bonds is 6. The monoisotopic (exact) mass is 374 g/mol. The van der Waals surface area contributed by atoms with Gasteiger partial charge in [-0.1, -0.05) is 24.3 Å². The molecular formula is C21H30N2O4. The molecule has 2 aliphatic rings. The van der Waals surface area contributed by atoms with Crippen molar-refractivity contribution >= 4 is 5.91 Å². The fourth-order valence-electron chi connectivity index (χ4n) is 3.71. The van der Waals surface area contributed by atoms with E-state index in [4.69, 9.17) is 9.47 Å². The Hall–Kier alpha value is -1.89. The number of aliphatic hydroxyl groups is 1. The first-order valence-electron chi connectivity index (χ1n) is 9.78. The topological polar surface area (TPSA) is 62.2 Å². The summed E-state index contributed by atoms with van der Waals surface area (Å²) in [6.07, 6.45) is 5.03. The molecule has 2 fully saturated rings. The quantitative estimate of drug-likeness (QED) is 0.768. The number of aliphatic hydroxyl groups excluding tert-OH is 1. The number of para-hydroxylation sites is 1. The van der Waals surface area contributed by atoms with Gasteiger partial charge in [0.1, 0.15) is 18.0 Å². The number of benzene rings is 1. The van der Waals surface area contributed by atoms with Crippen LogP contribution in [0.3, 0.4) is 0 Å². The molecule has 3 rings (SSSR count). The SMILES string of the molecule is CN(C(=O)C=CCN1CCOCC1)[C@@H]1CCC[C@@H](Oc2ccccc2)[C@@H]1O. The number of morpholine rings is 1. The lowest BCUT2D eigenvalue weighted by Crippen LogP contribution is -2.53. The number of ether oxygens (including phenoxy) is 2. The number of amides is 1. The zero-order valence-corrected chi connectivity index (χ0v) is 16.0. The molecular weight excluding hydrogens is 344 g/mol. The second kappa shape index (κ2) is 9.88. The van der Waals surface area contributed by atoms with Crippen molar-refractivity contribution in [3.63, 3.8) is 0 Å².